The molecule has 6 heteroatoms. The van der Waals surface area contributed by atoms with E-state index in [0.29, 0.717) is 5.52 Å². The Hall–Kier alpha value is -2.63. The van der Waals surface area contributed by atoms with E-state index in [9.17, 15) is 14.7 Å². The lowest BCUT2D eigenvalue weighted by Gasteiger charge is -2.19. The molecule has 0 unspecified atom stereocenters. The number of ether oxygens (including phenoxy) is 1. The van der Waals surface area contributed by atoms with Crippen LogP contribution in [0.1, 0.15) is 36.8 Å². The maximum absolute atomic E-state index is 11.7. The molecule has 0 bridgehead atoms. The van der Waals surface area contributed by atoms with Gasteiger partial charge in [-0.05, 0) is 32.9 Å². The number of aromatic nitrogens is 1. The van der Waals surface area contributed by atoms with Crippen molar-refractivity contribution in [2.24, 2.45) is 0 Å². The molecule has 0 radical (unpaired) electrons. The summed E-state index contributed by atoms with van der Waals surface area (Å²) in [6, 6.07) is 8.77. The van der Waals surface area contributed by atoms with Crippen LogP contribution in [0.25, 0.3) is 10.9 Å². The summed E-state index contributed by atoms with van der Waals surface area (Å²) in [6.07, 6.45) is -0.612. The SMILES string of the molecule is CC(C)(C)OC(=O)NCc1nc2ccccc2cc1C(=O)O. The fraction of sp³-hybridized carbons (Fsp3) is 0.312. The summed E-state index contributed by atoms with van der Waals surface area (Å²) in [7, 11) is 0. The van der Waals surface area contributed by atoms with Crippen molar-refractivity contribution >= 4 is 23.0 Å². The van der Waals surface area contributed by atoms with Gasteiger partial charge in [0, 0.05) is 5.39 Å². The predicted molar refractivity (Wildman–Crippen MR) is 81.8 cm³/mol. The second-order valence-electron chi connectivity index (χ2n) is 5.84. The maximum atomic E-state index is 11.7. The van der Waals surface area contributed by atoms with Gasteiger partial charge in [0.1, 0.15) is 5.60 Å². The van der Waals surface area contributed by atoms with E-state index < -0.39 is 17.7 Å². The van der Waals surface area contributed by atoms with Crippen molar-refractivity contribution in [1.82, 2.24) is 10.3 Å². The normalized spacial score (nSPS) is 11.2. The molecular formula is C16H18N2O4. The molecule has 0 saturated carbocycles. The van der Waals surface area contributed by atoms with Gasteiger partial charge in [0.05, 0.1) is 23.3 Å². The molecule has 22 heavy (non-hydrogen) atoms. The highest BCUT2D eigenvalue weighted by atomic mass is 16.6. The molecule has 1 amide bonds. The number of hydrogen-bond donors (Lipinski definition) is 2. The number of alkyl carbamates (subject to hydrolysis) is 1. The molecule has 0 fully saturated rings. The quantitative estimate of drug-likeness (QED) is 0.910. The number of carboxylic acid groups (broad SMARTS) is 1. The number of nitrogens with zero attached hydrogens (tertiary/aromatic N) is 1. The van der Waals surface area contributed by atoms with Crippen LogP contribution in [0.5, 0.6) is 0 Å². The van der Waals surface area contributed by atoms with E-state index in [2.05, 4.69) is 10.3 Å². The number of pyridine rings is 1. The third-order valence-corrected chi connectivity index (χ3v) is 2.83. The van der Waals surface area contributed by atoms with E-state index in [1.165, 1.54) is 0 Å². The summed E-state index contributed by atoms with van der Waals surface area (Å²) in [5.41, 5.74) is 0.414. The number of hydrogen-bond acceptors (Lipinski definition) is 4. The average Bonchev–Trinajstić information content (AvgIpc) is 2.42. The number of carboxylic acids is 1. The molecular weight excluding hydrogens is 284 g/mol. The second-order valence-corrected chi connectivity index (χ2v) is 5.84. The van der Waals surface area contributed by atoms with Gasteiger partial charge in [-0.3, -0.25) is 4.98 Å². The van der Waals surface area contributed by atoms with E-state index in [0.717, 1.165) is 5.39 Å². The molecule has 2 N–H and O–H groups in total. The van der Waals surface area contributed by atoms with Gasteiger partial charge in [-0.1, -0.05) is 18.2 Å². The van der Waals surface area contributed by atoms with E-state index in [4.69, 9.17) is 4.74 Å². The van der Waals surface area contributed by atoms with Crippen LogP contribution in [-0.2, 0) is 11.3 Å². The van der Waals surface area contributed by atoms with E-state index in [1.54, 1.807) is 39.0 Å². The van der Waals surface area contributed by atoms with Gasteiger partial charge < -0.3 is 15.2 Å². The Bertz CT molecular complexity index is 720. The van der Waals surface area contributed by atoms with Gasteiger partial charge in [0.2, 0.25) is 0 Å². The smallest absolute Gasteiger partial charge is 0.407 e. The lowest BCUT2D eigenvalue weighted by molar-refractivity contribution is 0.0520. The zero-order valence-electron chi connectivity index (χ0n) is 12.7. The summed E-state index contributed by atoms with van der Waals surface area (Å²) in [4.78, 5) is 27.3. The molecule has 0 spiro atoms. The third-order valence-electron chi connectivity index (χ3n) is 2.83. The molecule has 0 saturated heterocycles. The molecule has 6 nitrogen and oxygen atoms in total. The molecule has 1 aromatic heterocycles. The summed E-state index contributed by atoms with van der Waals surface area (Å²) < 4.78 is 5.12. The lowest BCUT2D eigenvalue weighted by Crippen LogP contribution is -2.32. The standard InChI is InChI=1S/C16H18N2O4/c1-16(2,3)22-15(21)17-9-13-11(14(19)20)8-10-6-4-5-7-12(10)18-13/h4-8H,9H2,1-3H3,(H,17,21)(H,19,20). The summed E-state index contributed by atoms with van der Waals surface area (Å²) in [5.74, 6) is -1.08. The number of carbonyl (C=O) groups is 2. The van der Waals surface area contributed by atoms with E-state index >= 15 is 0 Å². The third kappa shape index (κ3) is 3.94. The van der Waals surface area contributed by atoms with Crippen LogP contribution in [0.15, 0.2) is 30.3 Å². The molecule has 2 rings (SSSR count). The van der Waals surface area contributed by atoms with Gasteiger partial charge >= 0.3 is 12.1 Å². The fourth-order valence-electron chi connectivity index (χ4n) is 1.95. The topological polar surface area (TPSA) is 88.5 Å². The van der Waals surface area contributed by atoms with Crippen LogP contribution < -0.4 is 5.32 Å². The van der Waals surface area contributed by atoms with Crippen molar-refractivity contribution in [3.05, 3.63) is 41.6 Å². The Morgan fingerprint density at radius 3 is 2.59 bits per heavy atom. The number of rotatable bonds is 3. The number of benzene rings is 1. The fourth-order valence-corrected chi connectivity index (χ4v) is 1.95. The Balaban J connectivity index is 2.24. The minimum absolute atomic E-state index is 0.0125. The molecule has 0 atom stereocenters. The first-order valence-corrected chi connectivity index (χ1v) is 6.85. The molecule has 0 aliphatic heterocycles. The number of amides is 1. The number of para-hydroxylation sites is 1. The van der Waals surface area contributed by atoms with Crippen molar-refractivity contribution in [3.63, 3.8) is 0 Å². The minimum Gasteiger partial charge on any atom is -0.478 e. The second kappa shape index (κ2) is 6.01. The Morgan fingerprint density at radius 2 is 1.95 bits per heavy atom. The number of nitrogens with one attached hydrogen (secondary N) is 1. The van der Waals surface area contributed by atoms with E-state index in [-0.39, 0.29) is 17.8 Å². The summed E-state index contributed by atoms with van der Waals surface area (Å²) >= 11 is 0. The maximum Gasteiger partial charge on any atom is 0.407 e. The van der Waals surface area contributed by atoms with Crippen molar-refractivity contribution in [2.75, 3.05) is 0 Å². The van der Waals surface area contributed by atoms with Gasteiger partial charge in [0.25, 0.3) is 0 Å². The van der Waals surface area contributed by atoms with Crippen LogP contribution in [0.3, 0.4) is 0 Å². The molecule has 1 aromatic carbocycles. The lowest BCUT2D eigenvalue weighted by atomic mass is 10.1. The summed E-state index contributed by atoms with van der Waals surface area (Å²) in [5, 5.41) is 12.6. The van der Waals surface area contributed by atoms with E-state index in [1.807, 2.05) is 12.1 Å². The first kappa shape index (κ1) is 15.8. The molecule has 1 heterocycles. The predicted octanol–water partition coefficient (Wildman–Crippen LogP) is 2.96. The Kier molecular flexibility index (Phi) is 4.30. The number of fused-ring (bicyclic) bond motifs is 1. The zero-order valence-corrected chi connectivity index (χ0v) is 12.7. The highest BCUT2D eigenvalue weighted by Gasteiger charge is 2.18. The molecule has 0 aliphatic rings. The first-order valence-electron chi connectivity index (χ1n) is 6.85. The van der Waals surface area contributed by atoms with Gasteiger partial charge in [-0.2, -0.15) is 0 Å². The monoisotopic (exact) mass is 302 g/mol. The summed E-state index contributed by atoms with van der Waals surface area (Å²) in [6.45, 7) is 5.25. The molecule has 2 aromatic rings. The van der Waals surface area contributed by atoms with Crippen LogP contribution in [0.4, 0.5) is 4.79 Å². The van der Waals surface area contributed by atoms with Gasteiger partial charge in [-0.25, -0.2) is 9.59 Å². The number of carbonyl (C=O) groups excluding carboxylic acids is 1. The molecule has 0 aliphatic carbocycles. The highest BCUT2D eigenvalue weighted by molar-refractivity contribution is 5.94. The zero-order chi connectivity index (χ0) is 16.3. The number of aromatic carboxylic acids is 1. The van der Waals surface area contributed by atoms with Crippen molar-refractivity contribution in [2.45, 2.75) is 32.9 Å². The Morgan fingerprint density at radius 1 is 1.27 bits per heavy atom. The largest absolute Gasteiger partial charge is 0.478 e. The van der Waals surface area contributed by atoms with Crippen LogP contribution in [0, 0.1) is 0 Å². The minimum atomic E-state index is -1.08. The van der Waals surface area contributed by atoms with Crippen molar-refractivity contribution < 1.29 is 19.4 Å². The van der Waals surface area contributed by atoms with Gasteiger partial charge in [-0.15, -0.1) is 0 Å². The van der Waals surface area contributed by atoms with Gasteiger partial charge in [0.15, 0.2) is 0 Å². The van der Waals surface area contributed by atoms with Crippen molar-refractivity contribution in [3.8, 4) is 0 Å². The highest BCUT2D eigenvalue weighted by Crippen LogP contribution is 2.17. The van der Waals surface area contributed by atoms with Crippen molar-refractivity contribution in [1.29, 1.82) is 0 Å². The molecule has 116 valence electrons. The first-order chi connectivity index (χ1) is 10.3. The Labute approximate surface area is 128 Å². The van der Waals surface area contributed by atoms with Crippen LogP contribution >= 0.6 is 0 Å². The van der Waals surface area contributed by atoms with Crippen LogP contribution in [-0.4, -0.2) is 27.8 Å². The van der Waals surface area contributed by atoms with Crippen LogP contribution in [0.2, 0.25) is 0 Å². The average molecular weight is 302 g/mol.